The first-order valence-electron chi connectivity index (χ1n) is 7.67. The summed E-state index contributed by atoms with van der Waals surface area (Å²) in [4.78, 5) is 31.8. The first-order valence-corrected chi connectivity index (χ1v) is 7.67. The lowest BCUT2D eigenvalue weighted by molar-refractivity contribution is 0.0679. The maximum Gasteiger partial charge on any atom is 0.374 e. The van der Waals surface area contributed by atoms with Gasteiger partial charge >= 0.3 is 5.97 Å². The summed E-state index contributed by atoms with van der Waals surface area (Å²) in [6.07, 6.45) is 2.95. The van der Waals surface area contributed by atoms with Crippen LogP contribution in [0, 0.1) is 0 Å². The Morgan fingerprint density at radius 1 is 1.28 bits per heavy atom. The van der Waals surface area contributed by atoms with Gasteiger partial charge < -0.3 is 16.2 Å². The number of anilines is 1. The molecule has 0 saturated heterocycles. The molecule has 25 heavy (non-hydrogen) atoms. The molecule has 9 heteroatoms. The largest absolute Gasteiger partial charge is 0.475 e. The SMILES string of the molecule is Nc1ccc2c(c1)CC[C@@H]2NC(=O)c1nc(C(=O)O)n2nccc2n1. The Morgan fingerprint density at radius 2 is 2.12 bits per heavy atom. The van der Waals surface area contributed by atoms with Crippen LogP contribution in [-0.2, 0) is 6.42 Å². The van der Waals surface area contributed by atoms with E-state index in [1.165, 1.54) is 12.3 Å². The minimum absolute atomic E-state index is 0.180. The number of benzene rings is 1. The number of aryl methyl sites for hydroxylation is 1. The van der Waals surface area contributed by atoms with Gasteiger partial charge in [0, 0.05) is 11.8 Å². The number of nitrogens with two attached hydrogens (primary N) is 1. The van der Waals surface area contributed by atoms with Crippen molar-refractivity contribution in [1.82, 2.24) is 24.9 Å². The van der Waals surface area contributed by atoms with Crippen molar-refractivity contribution >= 4 is 23.2 Å². The smallest absolute Gasteiger partial charge is 0.374 e. The molecule has 0 bridgehead atoms. The van der Waals surface area contributed by atoms with Gasteiger partial charge in [0.05, 0.1) is 12.2 Å². The zero-order valence-corrected chi connectivity index (χ0v) is 13.0. The first-order chi connectivity index (χ1) is 12.0. The van der Waals surface area contributed by atoms with Crippen molar-refractivity contribution in [1.29, 1.82) is 0 Å². The van der Waals surface area contributed by atoms with E-state index < -0.39 is 11.9 Å². The quantitative estimate of drug-likeness (QED) is 0.602. The Morgan fingerprint density at radius 3 is 2.92 bits per heavy atom. The van der Waals surface area contributed by atoms with Crippen molar-refractivity contribution in [3.8, 4) is 0 Å². The Hall–Kier alpha value is -3.49. The summed E-state index contributed by atoms with van der Waals surface area (Å²) in [5.74, 6) is -2.37. The molecular weight excluding hydrogens is 324 g/mol. The van der Waals surface area contributed by atoms with E-state index in [0.29, 0.717) is 5.69 Å². The number of carbonyl (C=O) groups is 2. The highest BCUT2D eigenvalue weighted by Crippen LogP contribution is 2.32. The summed E-state index contributed by atoms with van der Waals surface area (Å²) in [6.45, 7) is 0. The van der Waals surface area contributed by atoms with Crippen LogP contribution in [0.25, 0.3) is 5.65 Å². The van der Waals surface area contributed by atoms with E-state index >= 15 is 0 Å². The Kier molecular flexibility index (Phi) is 3.34. The van der Waals surface area contributed by atoms with Gasteiger partial charge in [0.25, 0.3) is 5.91 Å². The number of carboxylic acids is 1. The number of aromatic carboxylic acids is 1. The van der Waals surface area contributed by atoms with Gasteiger partial charge in [-0.25, -0.2) is 9.78 Å². The molecule has 0 radical (unpaired) electrons. The van der Waals surface area contributed by atoms with Crippen LogP contribution < -0.4 is 11.1 Å². The fourth-order valence-corrected chi connectivity index (χ4v) is 3.08. The first kappa shape index (κ1) is 15.1. The number of nitrogens with one attached hydrogen (secondary N) is 1. The molecule has 0 fully saturated rings. The number of rotatable bonds is 3. The molecule has 1 atom stereocenters. The molecule has 2 heterocycles. The molecule has 4 rings (SSSR count). The standard InChI is InChI=1S/C16H14N6O3/c17-9-2-3-10-8(7-9)1-4-11(10)19-15(23)13-20-12-5-6-18-22(12)14(21-13)16(24)25/h2-3,5-7,11H,1,4,17H2,(H,19,23)(H,24,25)/t11-/m0/s1. The summed E-state index contributed by atoms with van der Waals surface area (Å²) in [5, 5.41) is 16.0. The second-order valence-corrected chi connectivity index (χ2v) is 5.80. The predicted molar refractivity (Wildman–Crippen MR) is 87.1 cm³/mol. The number of carboxylic acid groups (broad SMARTS) is 1. The molecule has 0 unspecified atom stereocenters. The molecule has 3 aromatic rings. The average Bonchev–Trinajstić information content (AvgIpc) is 3.20. The van der Waals surface area contributed by atoms with Crippen LogP contribution in [0.5, 0.6) is 0 Å². The summed E-state index contributed by atoms with van der Waals surface area (Å²) in [5.41, 5.74) is 8.83. The topological polar surface area (TPSA) is 136 Å². The Labute approximate surface area is 141 Å². The lowest BCUT2D eigenvalue weighted by Gasteiger charge is -2.14. The van der Waals surface area contributed by atoms with Gasteiger partial charge in [0.2, 0.25) is 11.6 Å². The van der Waals surface area contributed by atoms with Crippen molar-refractivity contribution < 1.29 is 14.7 Å². The van der Waals surface area contributed by atoms with Crippen LogP contribution in [-0.4, -0.2) is 36.6 Å². The summed E-state index contributed by atoms with van der Waals surface area (Å²) >= 11 is 0. The van der Waals surface area contributed by atoms with Crippen molar-refractivity contribution in [2.45, 2.75) is 18.9 Å². The van der Waals surface area contributed by atoms with Gasteiger partial charge in [0.15, 0.2) is 5.65 Å². The van der Waals surface area contributed by atoms with Gasteiger partial charge in [-0.05, 0) is 36.1 Å². The number of fused-ring (bicyclic) bond motifs is 2. The molecule has 2 aromatic heterocycles. The second kappa shape index (κ2) is 5.55. The molecule has 1 amide bonds. The predicted octanol–water partition coefficient (Wildman–Crippen LogP) is 0.822. The molecule has 1 aromatic carbocycles. The third-order valence-electron chi connectivity index (χ3n) is 4.20. The highest BCUT2D eigenvalue weighted by Gasteiger charge is 2.26. The van der Waals surface area contributed by atoms with E-state index in [1.54, 1.807) is 6.07 Å². The molecular formula is C16H14N6O3. The average molecular weight is 338 g/mol. The third kappa shape index (κ3) is 2.55. The van der Waals surface area contributed by atoms with Gasteiger partial charge in [-0.2, -0.15) is 14.6 Å². The normalized spacial score (nSPS) is 15.9. The number of aromatic nitrogens is 4. The van der Waals surface area contributed by atoms with Crippen molar-refractivity contribution in [2.24, 2.45) is 0 Å². The minimum Gasteiger partial charge on any atom is -0.475 e. The van der Waals surface area contributed by atoms with Crippen molar-refractivity contribution in [2.75, 3.05) is 5.73 Å². The molecule has 0 aliphatic heterocycles. The number of hydrogen-bond acceptors (Lipinski definition) is 6. The lowest BCUT2D eigenvalue weighted by atomic mass is 10.1. The number of nitrogen functional groups attached to an aromatic ring is 1. The Bertz CT molecular complexity index is 1010. The van der Waals surface area contributed by atoms with Crippen LogP contribution in [0.3, 0.4) is 0 Å². The number of amides is 1. The van der Waals surface area contributed by atoms with E-state index in [-0.39, 0.29) is 23.3 Å². The number of hydrogen-bond donors (Lipinski definition) is 3. The fourth-order valence-electron chi connectivity index (χ4n) is 3.08. The van der Waals surface area contributed by atoms with Gasteiger partial charge in [0.1, 0.15) is 0 Å². The second-order valence-electron chi connectivity index (χ2n) is 5.80. The zero-order valence-electron chi connectivity index (χ0n) is 13.0. The van der Waals surface area contributed by atoms with E-state index in [0.717, 1.165) is 28.5 Å². The lowest BCUT2D eigenvalue weighted by Crippen LogP contribution is -2.30. The van der Waals surface area contributed by atoms with Crippen LogP contribution in [0.1, 0.15) is 44.8 Å². The van der Waals surface area contributed by atoms with Gasteiger partial charge in [-0.1, -0.05) is 6.07 Å². The monoisotopic (exact) mass is 338 g/mol. The summed E-state index contributed by atoms with van der Waals surface area (Å²) in [7, 11) is 0. The van der Waals surface area contributed by atoms with Crippen LogP contribution in [0.15, 0.2) is 30.5 Å². The van der Waals surface area contributed by atoms with E-state index in [1.807, 2.05) is 12.1 Å². The van der Waals surface area contributed by atoms with E-state index in [4.69, 9.17) is 5.73 Å². The highest BCUT2D eigenvalue weighted by atomic mass is 16.4. The molecule has 0 spiro atoms. The van der Waals surface area contributed by atoms with Gasteiger partial charge in [-0.15, -0.1) is 0 Å². The Balaban J connectivity index is 1.64. The third-order valence-corrected chi connectivity index (χ3v) is 4.20. The maximum absolute atomic E-state index is 12.5. The maximum atomic E-state index is 12.5. The van der Waals surface area contributed by atoms with Crippen molar-refractivity contribution in [3.05, 3.63) is 53.2 Å². The summed E-state index contributed by atoms with van der Waals surface area (Å²) < 4.78 is 1.08. The molecule has 4 N–H and O–H groups in total. The molecule has 126 valence electrons. The number of carbonyl (C=O) groups excluding carboxylic acids is 1. The van der Waals surface area contributed by atoms with Crippen LogP contribution in [0.4, 0.5) is 5.69 Å². The molecule has 1 aliphatic carbocycles. The van der Waals surface area contributed by atoms with E-state index in [9.17, 15) is 14.7 Å². The highest BCUT2D eigenvalue weighted by molar-refractivity contribution is 5.93. The molecule has 0 saturated carbocycles. The van der Waals surface area contributed by atoms with Crippen molar-refractivity contribution in [3.63, 3.8) is 0 Å². The minimum atomic E-state index is -1.29. The van der Waals surface area contributed by atoms with Crippen LogP contribution >= 0.6 is 0 Å². The van der Waals surface area contributed by atoms with Crippen LogP contribution in [0.2, 0.25) is 0 Å². The molecule has 1 aliphatic rings. The summed E-state index contributed by atoms with van der Waals surface area (Å²) in [6, 6.07) is 6.92. The molecule has 9 nitrogen and oxygen atoms in total. The van der Waals surface area contributed by atoms with E-state index in [2.05, 4.69) is 20.4 Å². The number of nitrogens with zero attached hydrogens (tertiary/aromatic N) is 4. The fraction of sp³-hybridized carbons (Fsp3) is 0.188. The van der Waals surface area contributed by atoms with Gasteiger partial charge in [-0.3, -0.25) is 4.79 Å². The zero-order chi connectivity index (χ0) is 17.6.